The molecule has 3 rings (SSSR count). The third-order valence-corrected chi connectivity index (χ3v) is 3.91. The van der Waals surface area contributed by atoms with Crippen molar-refractivity contribution in [3.63, 3.8) is 0 Å². The standard InChI is InChI=1S/C13H12Cl2N4O/c14-11-7-8(12(15)18-17-11)13(20)19-6-2-4-10(19)9-3-1-5-16-9/h1,3,5,7,10,16H,2,4,6H2. The Labute approximate surface area is 125 Å². The molecule has 1 aliphatic heterocycles. The van der Waals surface area contributed by atoms with Crippen molar-refractivity contribution in [3.05, 3.63) is 46.0 Å². The number of carbonyl (C=O) groups is 1. The molecule has 20 heavy (non-hydrogen) atoms. The van der Waals surface area contributed by atoms with Crippen LogP contribution in [0.25, 0.3) is 0 Å². The highest BCUT2D eigenvalue weighted by Gasteiger charge is 2.32. The van der Waals surface area contributed by atoms with Gasteiger partial charge in [-0.15, -0.1) is 10.2 Å². The molecule has 0 saturated carbocycles. The second-order valence-electron chi connectivity index (χ2n) is 4.65. The fourth-order valence-corrected chi connectivity index (χ4v) is 2.86. The SMILES string of the molecule is O=C(c1cc(Cl)nnc1Cl)N1CCCC1c1ccc[nH]1. The number of likely N-dealkylation sites (tertiary alicyclic amines) is 1. The van der Waals surface area contributed by atoms with Crippen molar-refractivity contribution < 1.29 is 4.79 Å². The van der Waals surface area contributed by atoms with Gasteiger partial charge in [-0.1, -0.05) is 23.2 Å². The monoisotopic (exact) mass is 310 g/mol. The molecule has 0 bridgehead atoms. The van der Waals surface area contributed by atoms with Gasteiger partial charge >= 0.3 is 0 Å². The second-order valence-corrected chi connectivity index (χ2v) is 5.40. The Morgan fingerprint density at radius 1 is 1.40 bits per heavy atom. The number of aromatic nitrogens is 3. The minimum absolute atomic E-state index is 0.0421. The van der Waals surface area contributed by atoms with Gasteiger partial charge < -0.3 is 9.88 Å². The molecule has 2 aromatic rings. The van der Waals surface area contributed by atoms with Gasteiger partial charge in [0.25, 0.3) is 5.91 Å². The molecule has 1 fully saturated rings. The molecule has 1 amide bonds. The van der Waals surface area contributed by atoms with E-state index in [0.717, 1.165) is 18.5 Å². The number of halogens is 2. The van der Waals surface area contributed by atoms with Crippen LogP contribution in [0.5, 0.6) is 0 Å². The van der Waals surface area contributed by atoms with Crippen molar-refractivity contribution in [2.24, 2.45) is 0 Å². The van der Waals surface area contributed by atoms with Crippen molar-refractivity contribution in [2.45, 2.75) is 18.9 Å². The number of hydrogen-bond acceptors (Lipinski definition) is 3. The first-order valence-corrected chi connectivity index (χ1v) is 7.05. The lowest BCUT2D eigenvalue weighted by Gasteiger charge is -2.24. The molecule has 1 aliphatic rings. The van der Waals surface area contributed by atoms with E-state index in [9.17, 15) is 4.79 Å². The maximum absolute atomic E-state index is 12.6. The topological polar surface area (TPSA) is 61.9 Å². The average molecular weight is 311 g/mol. The van der Waals surface area contributed by atoms with Crippen molar-refractivity contribution in [2.75, 3.05) is 6.54 Å². The van der Waals surface area contributed by atoms with Crippen LogP contribution in [-0.2, 0) is 0 Å². The minimum atomic E-state index is -0.163. The Kier molecular flexibility index (Phi) is 3.63. The average Bonchev–Trinajstić information content (AvgIpc) is 3.10. The molecule has 2 aromatic heterocycles. The van der Waals surface area contributed by atoms with E-state index < -0.39 is 0 Å². The van der Waals surface area contributed by atoms with Gasteiger partial charge in [0.05, 0.1) is 11.6 Å². The Balaban J connectivity index is 1.91. The van der Waals surface area contributed by atoms with Crippen LogP contribution < -0.4 is 0 Å². The lowest BCUT2D eigenvalue weighted by molar-refractivity contribution is 0.0733. The van der Waals surface area contributed by atoms with E-state index >= 15 is 0 Å². The van der Waals surface area contributed by atoms with Gasteiger partial charge in [-0.2, -0.15) is 0 Å². The summed E-state index contributed by atoms with van der Waals surface area (Å²) in [4.78, 5) is 17.6. The van der Waals surface area contributed by atoms with E-state index in [-0.39, 0.29) is 22.3 Å². The molecule has 7 heteroatoms. The molecule has 0 aliphatic carbocycles. The summed E-state index contributed by atoms with van der Waals surface area (Å²) in [5.74, 6) is -0.163. The zero-order chi connectivity index (χ0) is 14.1. The van der Waals surface area contributed by atoms with Gasteiger partial charge in [0.1, 0.15) is 0 Å². The second kappa shape index (κ2) is 5.42. The summed E-state index contributed by atoms with van der Waals surface area (Å²) < 4.78 is 0. The van der Waals surface area contributed by atoms with Crippen LogP contribution in [0.2, 0.25) is 10.3 Å². The number of amides is 1. The highest BCUT2D eigenvalue weighted by atomic mass is 35.5. The predicted molar refractivity (Wildman–Crippen MR) is 75.9 cm³/mol. The van der Waals surface area contributed by atoms with Crippen LogP contribution in [-0.4, -0.2) is 32.5 Å². The maximum Gasteiger partial charge on any atom is 0.257 e. The first-order chi connectivity index (χ1) is 9.66. The van der Waals surface area contributed by atoms with Gasteiger partial charge in [0.15, 0.2) is 10.3 Å². The van der Waals surface area contributed by atoms with E-state index in [0.29, 0.717) is 12.1 Å². The molecular weight excluding hydrogens is 299 g/mol. The molecule has 1 atom stereocenters. The number of rotatable bonds is 2. The molecule has 5 nitrogen and oxygen atoms in total. The Morgan fingerprint density at radius 3 is 3.00 bits per heavy atom. The summed E-state index contributed by atoms with van der Waals surface area (Å²) in [5.41, 5.74) is 1.32. The van der Waals surface area contributed by atoms with Crippen molar-refractivity contribution in [1.82, 2.24) is 20.1 Å². The zero-order valence-electron chi connectivity index (χ0n) is 10.5. The fourth-order valence-electron chi connectivity index (χ4n) is 2.54. The molecule has 0 aromatic carbocycles. The largest absolute Gasteiger partial charge is 0.363 e. The first-order valence-electron chi connectivity index (χ1n) is 6.30. The number of aromatic amines is 1. The summed E-state index contributed by atoms with van der Waals surface area (Å²) in [6.45, 7) is 0.693. The lowest BCUT2D eigenvalue weighted by Crippen LogP contribution is -2.31. The van der Waals surface area contributed by atoms with Crippen LogP contribution in [0.3, 0.4) is 0 Å². The van der Waals surface area contributed by atoms with E-state index in [1.165, 1.54) is 6.07 Å². The molecule has 1 unspecified atom stereocenters. The molecule has 1 saturated heterocycles. The summed E-state index contributed by atoms with van der Waals surface area (Å²) in [5, 5.41) is 7.55. The van der Waals surface area contributed by atoms with Gasteiger partial charge in [-0.3, -0.25) is 4.79 Å². The van der Waals surface area contributed by atoms with Gasteiger partial charge in [0, 0.05) is 18.4 Å². The minimum Gasteiger partial charge on any atom is -0.363 e. The molecule has 104 valence electrons. The molecule has 1 N–H and O–H groups in total. The van der Waals surface area contributed by atoms with Crippen LogP contribution in [0.15, 0.2) is 24.4 Å². The van der Waals surface area contributed by atoms with E-state index in [2.05, 4.69) is 15.2 Å². The number of nitrogens with one attached hydrogen (secondary N) is 1. The van der Waals surface area contributed by atoms with Gasteiger partial charge in [-0.05, 0) is 31.0 Å². The highest BCUT2D eigenvalue weighted by Crippen LogP contribution is 2.33. The molecule has 0 spiro atoms. The molecule has 3 heterocycles. The van der Waals surface area contributed by atoms with Gasteiger partial charge in [0.2, 0.25) is 0 Å². The summed E-state index contributed by atoms with van der Waals surface area (Å²) in [6.07, 6.45) is 3.74. The highest BCUT2D eigenvalue weighted by molar-refractivity contribution is 6.34. The number of carbonyl (C=O) groups excluding carboxylic acids is 1. The van der Waals surface area contributed by atoms with E-state index in [1.54, 1.807) is 4.90 Å². The summed E-state index contributed by atoms with van der Waals surface area (Å²) in [7, 11) is 0. The summed E-state index contributed by atoms with van der Waals surface area (Å²) in [6, 6.07) is 5.41. The Bertz CT molecular complexity index is 629. The zero-order valence-corrected chi connectivity index (χ0v) is 12.0. The van der Waals surface area contributed by atoms with Gasteiger partial charge in [-0.25, -0.2) is 0 Å². The number of hydrogen-bond donors (Lipinski definition) is 1. The Hall–Kier alpha value is -1.59. The van der Waals surface area contributed by atoms with E-state index in [1.807, 2.05) is 18.3 Å². The van der Waals surface area contributed by atoms with Crippen molar-refractivity contribution >= 4 is 29.1 Å². The van der Waals surface area contributed by atoms with Crippen LogP contribution in [0.4, 0.5) is 0 Å². The third kappa shape index (κ3) is 2.39. The third-order valence-electron chi connectivity index (χ3n) is 3.44. The maximum atomic E-state index is 12.6. The van der Waals surface area contributed by atoms with E-state index in [4.69, 9.17) is 23.2 Å². The first kappa shape index (κ1) is 13.4. The van der Waals surface area contributed by atoms with Crippen LogP contribution in [0.1, 0.15) is 34.9 Å². The molecule has 0 radical (unpaired) electrons. The number of H-pyrrole nitrogens is 1. The fraction of sp³-hybridized carbons (Fsp3) is 0.308. The van der Waals surface area contributed by atoms with Crippen molar-refractivity contribution in [3.8, 4) is 0 Å². The predicted octanol–water partition coefficient (Wildman–Crippen LogP) is 3.09. The quantitative estimate of drug-likeness (QED) is 0.927. The normalized spacial score (nSPS) is 18.5. The van der Waals surface area contributed by atoms with Crippen LogP contribution >= 0.6 is 23.2 Å². The molecular formula is C13H12Cl2N4O. The van der Waals surface area contributed by atoms with Crippen LogP contribution in [0, 0.1) is 0 Å². The van der Waals surface area contributed by atoms with Crippen molar-refractivity contribution in [1.29, 1.82) is 0 Å². The smallest absolute Gasteiger partial charge is 0.257 e. The summed E-state index contributed by atoms with van der Waals surface area (Å²) >= 11 is 11.7. The lowest BCUT2D eigenvalue weighted by atomic mass is 10.1. The number of nitrogens with zero attached hydrogens (tertiary/aromatic N) is 3. The Morgan fingerprint density at radius 2 is 2.25 bits per heavy atom.